The predicted molar refractivity (Wildman–Crippen MR) is 58.7 cm³/mol. The lowest BCUT2D eigenvalue weighted by Gasteiger charge is -2.10. The van der Waals surface area contributed by atoms with Crippen LogP contribution in [0.25, 0.3) is 0 Å². The molecule has 0 saturated carbocycles. The molecule has 0 rings (SSSR count). The minimum Gasteiger partial charge on any atom is -0.492 e. The first-order valence-electron chi connectivity index (χ1n) is 4.67. The summed E-state index contributed by atoms with van der Waals surface area (Å²) in [4.78, 5) is 16.6. The normalized spacial score (nSPS) is 12.6. The zero-order valence-corrected chi connectivity index (χ0v) is 9.81. The van der Waals surface area contributed by atoms with Crippen LogP contribution in [0.3, 0.4) is 0 Å². The second-order valence-electron chi connectivity index (χ2n) is 3.08. The predicted octanol–water partition coefficient (Wildman–Crippen LogP) is 0.823. The summed E-state index contributed by atoms with van der Waals surface area (Å²) >= 11 is 0. The smallest absolute Gasteiger partial charge is 0.354 e. The highest BCUT2D eigenvalue weighted by molar-refractivity contribution is 5.93. The molecule has 6 heteroatoms. The van der Waals surface area contributed by atoms with Gasteiger partial charge >= 0.3 is 5.97 Å². The molecule has 0 amide bonds. The number of aliphatic hydroxyl groups is 1. The maximum Gasteiger partial charge on any atom is 0.354 e. The van der Waals surface area contributed by atoms with Crippen LogP contribution in [0.15, 0.2) is 16.4 Å². The summed E-state index contributed by atoms with van der Waals surface area (Å²) in [6.45, 7) is 3.38. The Bertz CT molecular complexity index is 364. The van der Waals surface area contributed by atoms with Gasteiger partial charge in [0.1, 0.15) is 11.9 Å². The standard InChI is InChI=1S/C10H15N3O3/c1-5-16-10(15)8(6-11)9(14)12-7(2)13(3)4/h14H,5H2,1-4H3/b9-8+,12-7+. The van der Waals surface area contributed by atoms with Crippen molar-refractivity contribution in [2.45, 2.75) is 13.8 Å². The Balaban J connectivity index is 5.12. The summed E-state index contributed by atoms with van der Waals surface area (Å²) < 4.78 is 4.60. The summed E-state index contributed by atoms with van der Waals surface area (Å²) in [5, 5.41) is 18.2. The first kappa shape index (κ1) is 14.0. The van der Waals surface area contributed by atoms with Crippen LogP contribution >= 0.6 is 0 Å². The first-order valence-corrected chi connectivity index (χ1v) is 4.67. The molecule has 0 aromatic heterocycles. The van der Waals surface area contributed by atoms with Crippen LogP contribution < -0.4 is 0 Å². The Labute approximate surface area is 94.5 Å². The van der Waals surface area contributed by atoms with Gasteiger partial charge in [0, 0.05) is 14.1 Å². The number of amidine groups is 1. The lowest BCUT2D eigenvalue weighted by Crippen LogP contribution is -2.19. The van der Waals surface area contributed by atoms with Crippen LogP contribution in [0.1, 0.15) is 13.8 Å². The number of esters is 1. The van der Waals surface area contributed by atoms with Gasteiger partial charge in [0.15, 0.2) is 5.57 Å². The summed E-state index contributed by atoms with van der Waals surface area (Å²) in [5.41, 5.74) is -0.497. The van der Waals surface area contributed by atoms with Gasteiger partial charge in [-0.2, -0.15) is 10.3 Å². The van der Waals surface area contributed by atoms with Gasteiger partial charge in [-0.3, -0.25) is 0 Å². The minimum absolute atomic E-state index is 0.133. The number of aliphatic hydroxyl groups excluding tert-OH is 1. The molecule has 0 aliphatic rings. The Kier molecular flexibility index (Phi) is 5.63. The molecule has 0 unspecified atom stereocenters. The molecule has 16 heavy (non-hydrogen) atoms. The van der Waals surface area contributed by atoms with Crippen molar-refractivity contribution in [1.29, 1.82) is 5.26 Å². The fraction of sp³-hybridized carbons (Fsp3) is 0.500. The number of ether oxygens (including phenoxy) is 1. The maximum absolute atomic E-state index is 11.2. The zero-order chi connectivity index (χ0) is 12.7. The number of aliphatic imine (C=N–C) groups is 1. The molecule has 0 heterocycles. The number of nitrogens with zero attached hydrogens (tertiary/aromatic N) is 3. The van der Waals surface area contributed by atoms with Crippen molar-refractivity contribution in [1.82, 2.24) is 4.90 Å². The van der Waals surface area contributed by atoms with E-state index in [4.69, 9.17) is 5.26 Å². The van der Waals surface area contributed by atoms with Crippen LogP contribution in [-0.4, -0.2) is 42.5 Å². The fourth-order valence-electron chi connectivity index (χ4n) is 0.699. The molecular formula is C10H15N3O3. The van der Waals surface area contributed by atoms with E-state index in [1.165, 1.54) is 0 Å². The average Bonchev–Trinajstić information content (AvgIpc) is 2.18. The van der Waals surface area contributed by atoms with Crippen molar-refractivity contribution in [3.8, 4) is 6.07 Å². The monoisotopic (exact) mass is 225 g/mol. The van der Waals surface area contributed by atoms with Crippen LogP contribution in [0.5, 0.6) is 0 Å². The van der Waals surface area contributed by atoms with E-state index in [1.807, 2.05) is 0 Å². The number of carbonyl (C=O) groups is 1. The summed E-state index contributed by atoms with van der Waals surface area (Å²) in [6.07, 6.45) is 0. The number of nitriles is 1. The van der Waals surface area contributed by atoms with E-state index in [1.54, 1.807) is 38.9 Å². The highest BCUT2D eigenvalue weighted by Crippen LogP contribution is 2.05. The van der Waals surface area contributed by atoms with Gasteiger partial charge in [0.25, 0.3) is 0 Å². The highest BCUT2D eigenvalue weighted by atomic mass is 16.5. The third-order valence-electron chi connectivity index (χ3n) is 1.73. The zero-order valence-electron chi connectivity index (χ0n) is 9.81. The van der Waals surface area contributed by atoms with E-state index in [2.05, 4.69) is 9.73 Å². The maximum atomic E-state index is 11.2. The largest absolute Gasteiger partial charge is 0.492 e. The van der Waals surface area contributed by atoms with E-state index in [-0.39, 0.29) is 6.61 Å². The van der Waals surface area contributed by atoms with Crippen LogP contribution in [0, 0.1) is 11.3 Å². The Morgan fingerprint density at radius 1 is 1.56 bits per heavy atom. The van der Waals surface area contributed by atoms with Crippen molar-refractivity contribution in [2.24, 2.45) is 4.99 Å². The summed E-state index contributed by atoms with van der Waals surface area (Å²) in [6, 6.07) is 1.56. The van der Waals surface area contributed by atoms with Crippen molar-refractivity contribution in [2.75, 3.05) is 20.7 Å². The molecule has 0 aliphatic heterocycles. The number of rotatable bonds is 3. The van der Waals surface area contributed by atoms with Crippen molar-refractivity contribution in [3.05, 3.63) is 11.5 Å². The molecule has 88 valence electrons. The molecule has 0 aliphatic carbocycles. The van der Waals surface area contributed by atoms with Crippen LogP contribution in [0.2, 0.25) is 0 Å². The van der Waals surface area contributed by atoms with Crippen LogP contribution in [0.4, 0.5) is 0 Å². The van der Waals surface area contributed by atoms with E-state index >= 15 is 0 Å². The molecule has 6 nitrogen and oxygen atoms in total. The lowest BCUT2D eigenvalue weighted by molar-refractivity contribution is -0.138. The summed E-state index contributed by atoms with van der Waals surface area (Å²) in [7, 11) is 3.45. The SMILES string of the molecule is CCOC(=O)/C(C#N)=C(O)\N=C(/C)N(C)C. The van der Waals surface area contributed by atoms with E-state index in [0.29, 0.717) is 5.84 Å². The van der Waals surface area contributed by atoms with E-state index in [0.717, 1.165) is 0 Å². The highest BCUT2D eigenvalue weighted by Gasteiger charge is 2.16. The molecule has 0 fully saturated rings. The number of carbonyl (C=O) groups excluding carboxylic acids is 1. The Morgan fingerprint density at radius 3 is 2.50 bits per heavy atom. The molecule has 1 N–H and O–H groups in total. The van der Waals surface area contributed by atoms with Crippen molar-refractivity contribution >= 4 is 11.8 Å². The average molecular weight is 225 g/mol. The number of hydrogen-bond donors (Lipinski definition) is 1. The molecule has 0 aromatic carbocycles. The number of hydrogen-bond acceptors (Lipinski definition) is 5. The molecule has 0 spiro atoms. The molecule has 0 aromatic rings. The van der Waals surface area contributed by atoms with Crippen molar-refractivity contribution in [3.63, 3.8) is 0 Å². The minimum atomic E-state index is -0.877. The third kappa shape index (κ3) is 4.00. The van der Waals surface area contributed by atoms with Gasteiger partial charge in [0.2, 0.25) is 5.88 Å². The summed E-state index contributed by atoms with van der Waals surface area (Å²) in [5.74, 6) is -1.04. The molecular weight excluding hydrogens is 210 g/mol. The molecule has 0 atom stereocenters. The topological polar surface area (TPSA) is 85.9 Å². The Hall–Kier alpha value is -2.03. The van der Waals surface area contributed by atoms with E-state index in [9.17, 15) is 9.90 Å². The van der Waals surface area contributed by atoms with E-state index < -0.39 is 17.4 Å². The lowest BCUT2D eigenvalue weighted by atomic mass is 10.3. The Morgan fingerprint density at radius 2 is 2.12 bits per heavy atom. The van der Waals surface area contributed by atoms with Gasteiger partial charge in [-0.25, -0.2) is 4.79 Å². The van der Waals surface area contributed by atoms with Gasteiger partial charge in [-0.15, -0.1) is 0 Å². The van der Waals surface area contributed by atoms with Gasteiger partial charge in [-0.05, 0) is 13.8 Å². The molecule has 0 saturated heterocycles. The quantitative estimate of drug-likeness (QED) is 0.192. The third-order valence-corrected chi connectivity index (χ3v) is 1.73. The second-order valence-corrected chi connectivity index (χ2v) is 3.08. The fourth-order valence-corrected chi connectivity index (χ4v) is 0.699. The van der Waals surface area contributed by atoms with Gasteiger partial charge in [-0.1, -0.05) is 0 Å². The molecule has 0 radical (unpaired) electrons. The molecule has 0 bridgehead atoms. The van der Waals surface area contributed by atoms with Crippen molar-refractivity contribution < 1.29 is 14.6 Å². The van der Waals surface area contributed by atoms with Gasteiger partial charge in [0.05, 0.1) is 6.61 Å². The van der Waals surface area contributed by atoms with Gasteiger partial charge < -0.3 is 14.7 Å². The first-order chi connectivity index (χ1) is 7.43. The van der Waals surface area contributed by atoms with Crippen LogP contribution in [-0.2, 0) is 9.53 Å². The second kappa shape index (κ2) is 6.45.